The first-order chi connectivity index (χ1) is 13.7. The van der Waals surface area contributed by atoms with Gasteiger partial charge in [0.05, 0.1) is 10.5 Å². The summed E-state index contributed by atoms with van der Waals surface area (Å²) in [6.07, 6.45) is 0.642. The zero-order valence-corrected chi connectivity index (χ0v) is 16.8. The third-order valence-corrected chi connectivity index (χ3v) is 6.18. The second-order valence-corrected chi connectivity index (χ2v) is 8.70. The van der Waals surface area contributed by atoms with Crippen molar-refractivity contribution in [1.29, 1.82) is 0 Å². The first-order valence-electron chi connectivity index (χ1n) is 9.09. The number of halogens is 1. The predicted octanol–water partition coefficient (Wildman–Crippen LogP) is 3.08. The number of sulfonamides is 1. The lowest BCUT2D eigenvalue weighted by Crippen LogP contribution is -2.29. The number of aryl methyl sites for hydroxylation is 1. The third kappa shape index (κ3) is 3.34. The van der Waals surface area contributed by atoms with Gasteiger partial charge < -0.3 is 9.47 Å². The van der Waals surface area contributed by atoms with Crippen LogP contribution in [0.2, 0.25) is 0 Å². The fourth-order valence-electron chi connectivity index (χ4n) is 3.86. The molecule has 6 nitrogen and oxygen atoms in total. The molecule has 2 aromatic carbocycles. The molecular formula is C21H20FN3O3S. The molecule has 150 valence electrons. The Morgan fingerprint density at radius 2 is 1.76 bits per heavy atom. The molecule has 0 atom stereocenters. The van der Waals surface area contributed by atoms with Crippen molar-refractivity contribution in [3.05, 3.63) is 76.9 Å². The molecule has 0 fully saturated rings. The van der Waals surface area contributed by atoms with E-state index in [0.717, 1.165) is 22.6 Å². The van der Waals surface area contributed by atoms with Crippen LogP contribution in [0, 0.1) is 19.7 Å². The van der Waals surface area contributed by atoms with Crippen LogP contribution in [0.25, 0.3) is 5.69 Å². The van der Waals surface area contributed by atoms with Crippen LogP contribution in [0.1, 0.15) is 27.3 Å². The van der Waals surface area contributed by atoms with E-state index in [1.807, 2.05) is 18.4 Å². The average Bonchev–Trinajstić information content (AvgIpc) is 3.22. The molecule has 1 aliphatic rings. The summed E-state index contributed by atoms with van der Waals surface area (Å²) < 4.78 is 38.6. The summed E-state index contributed by atoms with van der Waals surface area (Å²) in [4.78, 5) is 14.9. The summed E-state index contributed by atoms with van der Waals surface area (Å²) in [5.74, 6) is -0.538. The minimum atomic E-state index is -3.86. The van der Waals surface area contributed by atoms with E-state index in [9.17, 15) is 17.6 Å². The summed E-state index contributed by atoms with van der Waals surface area (Å²) in [6, 6.07) is 12.5. The number of nitrogens with zero attached hydrogens (tertiary/aromatic N) is 2. The summed E-state index contributed by atoms with van der Waals surface area (Å²) in [7, 11) is -3.86. The molecule has 0 saturated heterocycles. The van der Waals surface area contributed by atoms with E-state index >= 15 is 0 Å². The number of carbonyl (C=O) groups is 1. The number of hydrogen-bond donors (Lipinski definition) is 1. The van der Waals surface area contributed by atoms with Crippen LogP contribution < -0.4 is 10.0 Å². The van der Waals surface area contributed by atoms with Gasteiger partial charge in [0.15, 0.2) is 0 Å². The van der Waals surface area contributed by atoms with E-state index in [4.69, 9.17) is 5.14 Å². The van der Waals surface area contributed by atoms with Gasteiger partial charge in [-0.2, -0.15) is 0 Å². The van der Waals surface area contributed by atoms with Crippen LogP contribution in [0.15, 0.2) is 53.4 Å². The maximum absolute atomic E-state index is 13.3. The van der Waals surface area contributed by atoms with Crippen molar-refractivity contribution in [3.8, 4) is 5.69 Å². The van der Waals surface area contributed by atoms with Crippen LogP contribution in [0.3, 0.4) is 0 Å². The lowest BCUT2D eigenvalue weighted by atomic mass is 10.1. The lowest BCUT2D eigenvalue weighted by molar-refractivity contribution is 0.0988. The Balaban J connectivity index is 1.75. The number of benzene rings is 2. The summed E-state index contributed by atoms with van der Waals surface area (Å²) in [5, 5.41) is 5.24. The largest absolute Gasteiger partial charge is 0.318 e. The van der Waals surface area contributed by atoms with E-state index in [1.165, 1.54) is 24.3 Å². The number of fused-ring (bicyclic) bond motifs is 1. The van der Waals surface area contributed by atoms with Crippen molar-refractivity contribution in [2.24, 2.45) is 5.14 Å². The quantitative estimate of drug-likeness (QED) is 0.716. The molecule has 1 aromatic heterocycles. The lowest BCUT2D eigenvalue weighted by Gasteiger charge is -2.18. The highest BCUT2D eigenvalue weighted by Crippen LogP contribution is 2.33. The number of anilines is 1. The molecule has 1 amide bonds. The van der Waals surface area contributed by atoms with Crippen LogP contribution in [0.5, 0.6) is 0 Å². The van der Waals surface area contributed by atoms with Gasteiger partial charge in [-0.3, -0.25) is 4.79 Å². The Labute approximate surface area is 168 Å². The zero-order chi connectivity index (χ0) is 20.9. The first-order valence-corrected chi connectivity index (χ1v) is 10.6. The minimum absolute atomic E-state index is 0.0206. The van der Waals surface area contributed by atoms with Crippen molar-refractivity contribution in [1.82, 2.24) is 4.57 Å². The highest BCUT2D eigenvalue weighted by molar-refractivity contribution is 7.89. The summed E-state index contributed by atoms with van der Waals surface area (Å²) in [5.41, 5.74) is 4.32. The Morgan fingerprint density at radius 3 is 2.41 bits per heavy atom. The van der Waals surface area contributed by atoms with Gasteiger partial charge in [0, 0.05) is 29.3 Å². The molecule has 29 heavy (non-hydrogen) atoms. The first kappa shape index (κ1) is 19.4. The van der Waals surface area contributed by atoms with Crippen molar-refractivity contribution < 1.29 is 17.6 Å². The number of primary sulfonamides is 1. The molecule has 0 spiro atoms. The second-order valence-electron chi connectivity index (χ2n) is 7.14. The van der Waals surface area contributed by atoms with Crippen molar-refractivity contribution in [2.75, 3.05) is 11.4 Å². The standard InChI is InChI=1S/C21H20FN3O3S/c1-13-11-19(14(2)25(13)17-6-4-16(22)5-7-17)21(26)24-10-9-15-3-8-18(12-20(15)24)29(23,27)28/h3-8,11-12H,9-10H2,1-2H3,(H2,23,27,28). The molecule has 4 rings (SSSR count). The number of carbonyl (C=O) groups excluding carboxylic acids is 1. The van der Waals surface area contributed by atoms with Crippen molar-refractivity contribution in [3.63, 3.8) is 0 Å². The van der Waals surface area contributed by atoms with Gasteiger partial charge >= 0.3 is 0 Å². The summed E-state index contributed by atoms with van der Waals surface area (Å²) in [6.45, 7) is 4.17. The molecule has 0 unspecified atom stereocenters. The van der Waals surface area contributed by atoms with E-state index in [1.54, 1.807) is 29.2 Å². The van der Waals surface area contributed by atoms with Gasteiger partial charge in [-0.1, -0.05) is 6.07 Å². The monoisotopic (exact) mass is 413 g/mol. The number of amides is 1. The Morgan fingerprint density at radius 1 is 1.07 bits per heavy atom. The Bertz CT molecular complexity index is 1230. The fraction of sp³-hybridized carbons (Fsp3) is 0.190. The van der Waals surface area contributed by atoms with Gasteiger partial charge in [-0.25, -0.2) is 17.9 Å². The topological polar surface area (TPSA) is 85.4 Å². The summed E-state index contributed by atoms with van der Waals surface area (Å²) >= 11 is 0. The van der Waals surface area contributed by atoms with Crippen molar-refractivity contribution >= 4 is 21.6 Å². The van der Waals surface area contributed by atoms with Crippen LogP contribution in [-0.4, -0.2) is 25.4 Å². The number of nitrogens with two attached hydrogens (primary N) is 1. The number of rotatable bonds is 3. The smallest absolute Gasteiger partial charge is 0.260 e. The predicted molar refractivity (Wildman–Crippen MR) is 108 cm³/mol. The highest BCUT2D eigenvalue weighted by Gasteiger charge is 2.29. The molecule has 2 N–H and O–H groups in total. The average molecular weight is 413 g/mol. The molecule has 2 heterocycles. The number of hydrogen-bond acceptors (Lipinski definition) is 3. The minimum Gasteiger partial charge on any atom is -0.318 e. The molecule has 0 aliphatic carbocycles. The van der Waals surface area contributed by atoms with Crippen LogP contribution in [0.4, 0.5) is 10.1 Å². The van der Waals surface area contributed by atoms with Gasteiger partial charge in [0.1, 0.15) is 5.82 Å². The van der Waals surface area contributed by atoms with E-state index in [2.05, 4.69) is 0 Å². The third-order valence-electron chi connectivity index (χ3n) is 5.27. The molecular weight excluding hydrogens is 393 g/mol. The normalized spacial score (nSPS) is 13.6. The number of aromatic nitrogens is 1. The van der Waals surface area contributed by atoms with Gasteiger partial charge in [-0.05, 0) is 68.3 Å². The van der Waals surface area contributed by atoms with E-state index < -0.39 is 10.0 Å². The van der Waals surface area contributed by atoms with Gasteiger partial charge in [-0.15, -0.1) is 0 Å². The second kappa shape index (κ2) is 6.82. The van der Waals surface area contributed by atoms with E-state index in [-0.39, 0.29) is 16.6 Å². The van der Waals surface area contributed by atoms with E-state index in [0.29, 0.717) is 24.2 Å². The van der Waals surface area contributed by atoms with Crippen molar-refractivity contribution in [2.45, 2.75) is 25.2 Å². The molecule has 0 radical (unpaired) electrons. The zero-order valence-electron chi connectivity index (χ0n) is 16.0. The fourth-order valence-corrected chi connectivity index (χ4v) is 4.39. The molecule has 0 bridgehead atoms. The van der Waals surface area contributed by atoms with Gasteiger partial charge in [0.2, 0.25) is 10.0 Å². The van der Waals surface area contributed by atoms with Crippen LogP contribution >= 0.6 is 0 Å². The van der Waals surface area contributed by atoms with Gasteiger partial charge in [0.25, 0.3) is 5.91 Å². The molecule has 8 heteroatoms. The highest BCUT2D eigenvalue weighted by atomic mass is 32.2. The molecule has 1 aliphatic heterocycles. The maximum atomic E-state index is 13.3. The molecule has 3 aromatic rings. The Hall–Kier alpha value is -2.97. The molecule has 0 saturated carbocycles. The Kier molecular flexibility index (Phi) is 4.55. The van der Waals surface area contributed by atoms with Crippen LogP contribution in [-0.2, 0) is 16.4 Å². The SMILES string of the molecule is Cc1cc(C(=O)N2CCc3ccc(S(N)(=O)=O)cc32)c(C)n1-c1ccc(F)cc1. The maximum Gasteiger partial charge on any atom is 0.260 e.